The molecule has 2 aliphatic rings. The second-order valence-electron chi connectivity index (χ2n) is 7.65. The van der Waals surface area contributed by atoms with Gasteiger partial charge in [0.2, 0.25) is 5.91 Å². The quantitative estimate of drug-likeness (QED) is 0.843. The van der Waals surface area contributed by atoms with E-state index in [2.05, 4.69) is 15.2 Å². The molecule has 0 spiro atoms. The van der Waals surface area contributed by atoms with Crippen molar-refractivity contribution in [1.82, 2.24) is 10.3 Å². The number of anilines is 2. The van der Waals surface area contributed by atoms with E-state index < -0.39 is 11.7 Å². The maximum Gasteiger partial charge on any atom is 0.407 e. The normalized spacial score (nSPS) is 20.7. The van der Waals surface area contributed by atoms with Crippen LogP contribution in [0.5, 0.6) is 0 Å². The highest BCUT2D eigenvalue weighted by Gasteiger charge is 2.34. The van der Waals surface area contributed by atoms with Gasteiger partial charge in [0, 0.05) is 31.1 Å². The van der Waals surface area contributed by atoms with Crippen molar-refractivity contribution in [1.29, 1.82) is 0 Å². The predicted molar refractivity (Wildman–Crippen MR) is 102 cm³/mol. The Hall–Kier alpha value is -2.06. The van der Waals surface area contributed by atoms with E-state index in [-0.39, 0.29) is 18.4 Å². The molecule has 0 bridgehead atoms. The zero-order valence-corrected chi connectivity index (χ0v) is 16.6. The molecule has 0 aromatic carbocycles. The topological polar surface area (TPSA) is 84.0 Å². The molecule has 0 radical (unpaired) electrons. The molecule has 3 heterocycles. The molecule has 0 unspecified atom stereocenters. The van der Waals surface area contributed by atoms with Crippen molar-refractivity contribution in [3.8, 4) is 0 Å². The van der Waals surface area contributed by atoms with Crippen LogP contribution < -0.4 is 15.1 Å². The molecule has 8 nitrogen and oxygen atoms in total. The van der Waals surface area contributed by atoms with Crippen LogP contribution >= 0.6 is 11.6 Å². The van der Waals surface area contributed by atoms with Crippen LogP contribution in [0.25, 0.3) is 0 Å². The van der Waals surface area contributed by atoms with E-state index in [1.54, 1.807) is 37.8 Å². The third-order valence-electron chi connectivity index (χ3n) is 4.22. The zero-order chi connectivity index (χ0) is 19.6. The minimum Gasteiger partial charge on any atom is -0.444 e. The van der Waals surface area contributed by atoms with Gasteiger partial charge in [0.05, 0.1) is 19.3 Å². The molecule has 0 aliphatic carbocycles. The maximum atomic E-state index is 12.5. The number of aromatic nitrogens is 1. The molecule has 2 amide bonds. The van der Waals surface area contributed by atoms with Gasteiger partial charge in [-0.1, -0.05) is 11.6 Å². The van der Waals surface area contributed by atoms with Crippen molar-refractivity contribution in [2.75, 3.05) is 42.6 Å². The number of carbonyl (C=O) groups is 2. The van der Waals surface area contributed by atoms with Crippen LogP contribution in [0.1, 0.15) is 27.2 Å². The Bertz CT molecular complexity index is 716. The minimum absolute atomic E-state index is 0.112. The van der Waals surface area contributed by atoms with Gasteiger partial charge in [-0.25, -0.2) is 9.78 Å². The van der Waals surface area contributed by atoms with E-state index in [4.69, 9.17) is 21.1 Å². The summed E-state index contributed by atoms with van der Waals surface area (Å²) in [6.07, 6.45) is -0.337. The number of morpholine rings is 1. The first-order valence-corrected chi connectivity index (χ1v) is 9.39. The number of halogens is 1. The molecule has 2 fully saturated rings. The molecule has 9 heteroatoms. The third-order valence-corrected chi connectivity index (χ3v) is 4.44. The molecule has 0 saturated carbocycles. The number of rotatable bonds is 3. The van der Waals surface area contributed by atoms with Crippen molar-refractivity contribution in [3.05, 3.63) is 17.2 Å². The second-order valence-corrected chi connectivity index (χ2v) is 8.09. The van der Waals surface area contributed by atoms with Gasteiger partial charge in [0.1, 0.15) is 17.2 Å². The lowest BCUT2D eigenvalue weighted by molar-refractivity contribution is -0.117. The number of amides is 2. The number of alkyl carbamates (subject to hydrolysis) is 1. The molecule has 1 aromatic rings. The maximum absolute atomic E-state index is 12.5. The fourth-order valence-electron chi connectivity index (χ4n) is 3.06. The molecule has 1 aromatic heterocycles. The number of ether oxygens (including phenoxy) is 2. The lowest BCUT2D eigenvalue weighted by Crippen LogP contribution is -2.40. The van der Waals surface area contributed by atoms with Crippen molar-refractivity contribution >= 4 is 35.2 Å². The van der Waals surface area contributed by atoms with E-state index in [1.807, 2.05) is 0 Å². The first kappa shape index (κ1) is 19.7. The van der Waals surface area contributed by atoms with Gasteiger partial charge in [-0.05, 0) is 32.9 Å². The first-order valence-electron chi connectivity index (χ1n) is 9.01. The van der Waals surface area contributed by atoms with Crippen LogP contribution in [0, 0.1) is 0 Å². The molecular weight excluding hydrogens is 372 g/mol. The number of nitrogens with one attached hydrogen (secondary N) is 1. The highest BCUT2D eigenvalue weighted by Crippen LogP contribution is 2.27. The molecular formula is C18H25ClN4O4. The Morgan fingerprint density at radius 3 is 2.63 bits per heavy atom. The van der Waals surface area contributed by atoms with Gasteiger partial charge in [-0.2, -0.15) is 0 Å². The first-order chi connectivity index (χ1) is 12.7. The van der Waals surface area contributed by atoms with E-state index in [1.165, 1.54) is 0 Å². The number of hydrogen-bond acceptors (Lipinski definition) is 6. The Morgan fingerprint density at radius 1 is 1.30 bits per heavy atom. The third kappa shape index (κ3) is 5.23. The van der Waals surface area contributed by atoms with Crippen molar-refractivity contribution in [2.24, 2.45) is 0 Å². The predicted octanol–water partition coefficient (Wildman–Crippen LogP) is 2.20. The van der Waals surface area contributed by atoms with Gasteiger partial charge < -0.3 is 19.7 Å². The molecule has 1 N–H and O–H groups in total. The van der Waals surface area contributed by atoms with Crippen LogP contribution in [-0.2, 0) is 14.3 Å². The van der Waals surface area contributed by atoms with E-state index in [9.17, 15) is 9.59 Å². The van der Waals surface area contributed by atoms with Crippen LogP contribution in [-0.4, -0.2) is 61.5 Å². The van der Waals surface area contributed by atoms with Gasteiger partial charge in [0.25, 0.3) is 0 Å². The molecule has 2 aliphatic heterocycles. The highest BCUT2D eigenvalue weighted by atomic mass is 35.5. The fraction of sp³-hybridized carbons (Fsp3) is 0.611. The zero-order valence-electron chi connectivity index (χ0n) is 15.8. The summed E-state index contributed by atoms with van der Waals surface area (Å²) in [6, 6.07) is 3.12. The summed E-state index contributed by atoms with van der Waals surface area (Å²) in [5.41, 5.74) is -0.589. The van der Waals surface area contributed by atoms with Gasteiger partial charge in [0.15, 0.2) is 0 Å². The molecule has 3 rings (SSSR count). The lowest BCUT2D eigenvalue weighted by atomic mass is 10.2. The summed E-state index contributed by atoms with van der Waals surface area (Å²) in [4.78, 5) is 32.7. The van der Waals surface area contributed by atoms with Crippen LogP contribution in [0.2, 0.25) is 5.02 Å². The molecule has 2 saturated heterocycles. The average molecular weight is 397 g/mol. The number of hydrogen-bond donors (Lipinski definition) is 1. The van der Waals surface area contributed by atoms with E-state index in [0.29, 0.717) is 30.6 Å². The van der Waals surface area contributed by atoms with Crippen molar-refractivity contribution in [2.45, 2.75) is 38.8 Å². The van der Waals surface area contributed by atoms with Crippen molar-refractivity contribution in [3.63, 3.8) is 0 Å². The van der Waals surface area contributed by atoms with Gasteiger partial charge in [-0.15, -0.1) is 0 Å². The Kier molecular flexibility index (Phi) is 5.76. The van der Waals surface area contributed by atoms with Gasteiger partial charge in [-0.3, -0.25) is 9.69 Å². The summed E-state index contributed by atoms with van der Waals surface area (Å²) in [7, 11) is 0. The standard InChI is InChI=1S/C18H25ClN4O4/c1-18(2,3)27-17(25)20-13-10-16(24)23(11-13)15-9-12(19)8-14(21-15)22-4-6-26-7-5-22/h8-9,13H,4-7,10-11H2,1-3H3,(H,20,25)/t13-/m1/s1. The second kappa shape index (κ2) is 7.90. The monoisotopic (exact) mass is 396 g/mol. The molecule has 148 valence electrons. The Morgan fingerprint density at radius 2 is 1.96 bits per heavy atom. The fourth-order valence-corrected chi connectivity index (χ4v) is 3.26. The Labute approximate surface area is 163 Å². The molecule has 1 atom stereocenters. The van der Waals surface area contributed by atoms with Gasteiger partial charge >= 0.3 is 6.09 Å². The number of nitrogens with zero attached hydrogens (tertiary/aromatic N) is 3. The van der Waals surface area contributed by atoms with E-state index in [0.717, 1.165) is 18.9 Å². The molecule has 27 heavy (non-hydrogen) atoms. The largest absolute Gasteiger partial charge is 0.444 e. The van der Waals surface area contributed by atoms with Crippen LogP contribution in [0.15, 0.2) is 12.1 Å². The lowest BCUT2D eigenvalue weighted by Gasteiger charge is -2.29. The van der Waals surface area contributed by atoms with E-state index >= 15 is 0 Å². The number of pyridine rings is 1. The summed E-state index contributed by atoms with van der Waals surface area (Å²) in [5.74, 6) is 1.10. The van der Waals surface area contributed by atoms with Crippen LogP contribution in [0.4, 0.5) is 16.4 Å². The number of carbonyl (C=O) groups excluding carboxylic acids is 2. The average Bonchev–Trinajstić information content (AvgIpc) is 2.93. The summed E-state index contributed by atoms with van der Waals surface area (Å²) in [6.45, 7) is 8.42. The Balaban J connectivity index is 1.70. The van der Waals surface area contributed by atoms with Crippen molar-refractivity contribution < 1.29 is 19.1 Å². The SMILES string of the molecule is CC(C)(C)OC(=O)N[C@@H]1CC(=O)N(c2cc(Cl)cc(N3CCOCC3)n2)C1. The summed E-state index contributed by atoms with van der Waals surface area (Å²) in [5, 5.41) is 3.26. The smallest absolute Gasteiger partial charge is 0.407 e. The summed E-state index contributed by atoms with van der Waals surface area (Å²) < 4.78 is 10.6. The summed E-state index contributed by atoms with van der Waals surface area (Å²) >= 11 is 6.26. The highest BCUT2D eigenvalue weighted by molar-refractivity contribution is 6.31. The minimum atomic E-state index is -0.589. The van der Waals surface area contributed by atoms with Crippen LogP contribution in [0.3, 0.4) is 0 Å².